The van der Waals surface area contributed by atoms with Crippen molar-refractivity contribution in [1.29, 1.82) is 0 Å². The highest BCUT2D eigenvalue weighted by molar-refractivity contribution is 6.40. The molecule has 2 amide bonds. The summed E-state index contributed by atoms with van der Waals surface area (Å²) in [4.78, 5) is 22.7. The Morgan fingerprint density at radius 3 is 2.00 bits per heavy atom. The van der Waals surface area contributed by atoms with E-state index in [0.29, 0.717) is 39.4 Å². The van der Waals surface area contributed by atoms with E-state index in [1.807, 2.05) is 0 Å². The summed E-state index contributed by atoms with van der Waals surface area (Å²) in [5.41, 5.74) is 3.20. The molecule has 3 rings (SSSR count). The van der Waals surface area contributed by atoms with Crippen molar-refractivity contribution in [3.8, 4) is 33.8 Å². The molecule has 0 aliphatic heterocycles. The number of anilines is 2. The van der Waals surface area contributed by atoms with Gasteiger partial charge in [-0.05, 0) is 35.4 Å². The largest absolute Gasteiger partial charge is 0.507 e. The van der Waals surface area contributed by atoms with Gasteiger partial charge in [-0.1, -0.05) is 47.5 Å². The average Bonchev–Trinajstić information content (AvgIpc) is 2.70. The first kappa shape index (κ1) is 22.5. The van der Waals surface area contributed by atoms with Crippen molar-refractivity contribution >= 4 is 46.4 Å². The van der Waals surface area contributed by atoms with Crippen LogP contribution in [0, 0.1) is 0 Å². The number of phenols is 1. The van der Waals surface area contributed by atoms with Crippen LogP contribution in [0.1, 0.15) is 13.8 Å². The third-order valence-electron chi connectivity index (χ3n) is 4.51. The minimum atomic E-state index is -0.293. The monoisotopic (exact) mass is 458 g/mol. The molecule has 0 saturated heterocycles. The Bertz CT molecular complexity index is 1160. The van der Waals surface area contributed by atoms with Crippen LogP contribution in [0.15, 0.2) is 48.5 Å². The first-order valence-electron chi connectivity index (χ1n) is 9.26. The Kier molecular flexibility index (Phi) is 6.73. The molecule has 160 valence electrons. The summed E-state index contributed by atoms with van der Waals surface area (Å²) >= 11 is 12.6. The maximum absolute atomic E-state index is 11.4. The molecule has 0 fully saturated rings. The first-order chi connectivity index (χ1) is 14.7. The third-order valence-corrected chi connectivity index (χ3v) is 5.11. The Hall–Kier alpha value is -3.22. The maximum Gasteiger partial charge on any atom is 0.221 e. The number of ether oxygens (including phenoxy) is 1. The fraction of sp³-hybridized carbons (Fsp3) is 0.130. The second kappa shape index (κ2) is 9.29. The van der Waals surface area contributed by atoms with E-state index in [1.165, 1.54) is 21.0 Å². The normalized spacial score (nSPS) is 10.5. The number of phenolic OH excluding ortho intramolecular Hbond substituents is 1. The molecule has 6 nitrogen and oxygen atoms in total. The molecule has 0 aliphatic carbocycles. The van der Waals surface area contributed by atoms with Crippen LogP contribution in [-0.2, 0) is 9.59 Å². The van der Waals surface area contributed by atoms with Crippen LogP contribution in [-0.4, -0.2) is 24.0 Å². The summed E-state index contributed by atoms with van der Waals surface area (Å²) in [6.07, 6.45) is 0. The molecule has 8 heteroatoms. The van der Waals surface area contributed by atoms with Crippen LogP contribution in [0.25, 0.3) is 22.3 Å². The molecule has 0 heterocycles. The summed E-state index contributed by atoms with van der Waals surface area (Å²) in [7, 11) is 1.50. The van der Waals surface area contributed by atoms with Gasteiger partial charge in [0.2, 0.25) is 11.8 Å². The highest BCUT2D eigenvalue weighted by atomic mass is 35.5. The van der Waals surface area contributed by atoms with E-state index < -0.39 is 0 Å². The third kappa shape index (κ3) is 4.93. The van der Waals surface area contributed by atoms with E-state index in [4.69, 9.17) is 27.9 Å². The molecule has 0 atom stereocenters. The van der Waals surface area contributed by atoms with Crippen LogP contribution in [0.3, 0.4) is 0 Å². The number of rotatable bonds is 5. The van der Waals surface area contributed by atoms with Gasteiger partial charge in [0.25, 0.3) is 0 Å². The number of carbonyl (C=O) groups is 2. The smallest absolute Gasteiger partial charge is 0.221 e. The Morgan fingerprint density at radius 1 is 0.871 bits per heavy atom. The number of hydrogen-bond acceptors (Lipinski definition) is 4. The molecule has 0 aromatic heterocycles. The number of carbonyl (C=O) groups excluding carboxylic acids is 2. The highest BCUT2D eigenvalue weighted by Crippen LogP contribution is 2.43. The number of aromatic hydroxyl groups is 1. The fourth-order valence-corrected chi connectivity index (χ4v) is 3.77. The van der Waals surface area contributed by atoms with Crippen molar-refractivity contribution in [1.82, 2.24) is 0 Å². The molecule has 0 unspecified atom stereocenters. The second-order valence-corrected chi connectivity index (χ2v) is 7.61. The van der Waals surface area contributed by atoms with Gasteiger partial charge in [-0.3, -0.25) is 9.59 Å². The fourth-order valence-electron chi connectivity index (χ4n) is 3.19. The van der Waals surface area contributed by atoms with Crippen molar-refractivity contribution in [3.05, 3.63) is 58.6 Å². The molecule has 3 N–H and O–H groups in total. The highest BCUT2D eigenvalue weighted by Gasteiger charge is 2.16. The van der Waals surface area contributed by atoms with Crippen molar-refractivity contribution in [3.63, 3.8) is 0 Å². The zero-order valence-corrected chi connectivity index (χ0v) is 18.6. The van der Waals surface area contributed by atoms with Gasteiger partial charge >= 0.3 is 0 Å². The first-order valence-corrected chi connectivity index (χ1v) is 10.0. The predicted octanol–water partition coefficient (Wildman–Crippen LogP) is 5.96. The number of halogens is 2. The van der Waals surface area contributed by atoms with E-state index in [2.05, 4.69) is 10.6 Å². The summed E-state index contributed by atoms with van der Waals surface area (Å²) in [6.45, 7) is 2.78. The van der Waals surface area contributed by atoms with Gasteiger partial charge in [0.15, 0.2) is 0 Å². The minimum absolute atomic E-state index is 0.0243. The number of hydrogen-bond donors (Lipinski definition) is 3. The van der Waals surface area contributed by atoms with Crippen LogP contribution >= 0.6 is 23.2 Å². The molecule has 3 aromatic rings. The van der Waals surface area contributed by atoms with Crippen LogP contribution in [0.2, 0.25) is 10.0 Å². The molecule has 0 saturated carbocycles. The average molecular weight is 459 g/mol. The minimum Gasteiger partial charge on any atom is -0.507 e. The lowest BCUT2D eigenvalue weighted by Gasteiger charge is -2.15. The lowest BCUT2D eigenvalue weighted by molar-refractivity contribution is -0.115. The zero-order valence-electron chi connectivity index (χ0n) is 17.0. The van der Waals surface area contributed by atoms with Crippen LogP contribution < -0.4 is 15.4 Å². The van der Waals surface area contributed by atoms with Crippen LogP contribution in [0.4, 0.5) is 11.4 Å². The second-order valence-electron chi connectivity index (χ2n) is 6.79. The standard InChI is InChI=1S/C23H20Cl2N2O4/c1-12(28)26-20-8-7-14(11-21(20)31-3)16-5-4-6-17(23(16)30)15-9-18(24)22(19(25)10-15)27-13(2)29/h4-11,30H,1-3H3,(H,26,28)(H,27,29). The SMILES string of the molecule is COc1cc(-c2cccc(-c3cc(Cl)c(NC(C)=O)c(Cl)c3)c2O)ccc1NC(C)=O. The quantitative estimate of drug-likeness (QED) is 0.440. The summed E-state index contributed by atoms with van der Waals surface area (Å²) in [6, 6.07) is 13.7. The predicted molar refractivity (Wildman–Crippen MR) is 124 cm³/mol. The van der Waals surface area contributed by atoms with Gasteiger partial charge in [-0.15, -0.1) is 0 Å². The number of benzene rings is 3. The molecule has 0 radical (unpaired) electrons. The number of amides is 2. The van der Waals surface area contributed by atoms with Crippen molar-refractivity contribution in [2.24, 2.45) is 0 Å². The van der Waals surface area contributed by atoms with Gasteiger partial charge in [-0.25, -0.2) is 0 Å². The summed E-state index contributed by atoms with van der Waals surface area (Å²) in [5, 5.41) is 16.8. The number of para-hydroxylation sites is 1. The van der Waals surface area contributed by atoms with Gasteiger partial charge in [0, 0.05) is 25.0 Å². The van der Waals surface area contributed by atoms with Crippen molar-refractivity contribution < 1.29 is 19.4 Å². The van der Waals surface area contributed by atoms with E-state index in [9.17, 15) is 14.7 Å². The van der Waals surface area contributed by atoms with Gasteiger partial charge in [0.05, 0.1) is 28.5 Å². The number of nitrogens with one attached hydrogen (secondary N) is 2. The molecular weight excluding hydrogens is 439 g/mol. The van der Waals surface area contributed by atoms with Gasteiger partial charge < -0.3 is 20.5 Å². The Balaban J connectivity index is 2.07. The van der Waals surface area contributed by atoms with E-state index in [-0.39, 0.29) is 27.6 Å². The van der Waals surface area contributed by atoms with Crippen molar-refractivity contribution in [2.45, 2.75) is 13.8 Å². The zero-order chi connectivity index (χ0) is 22.7. The van der Waals surface area contributed by atoms with E-state index in [1.54, 1.807) is 48.5 Å². The molecule has 0 spiro atoms. The molecule has 3 aromatic carbocycles. The molecule has 0 bridgehead atoms. The van der Waals surface area contributed by atoms with E-state index >= 15 is 0 Å². The topological polar surface area (TPSA) is 87.7 Å². The Morgan fingerprint density at radius 2 is 1.45 bits per heavy atom. The van der Waals surface area contributed by atoms with E-state index in [0.717, 1.165) is 0 Å². The number of methoxy groups -OCH3 is 1. The van der Waals surface area contributed by atoms with Gasteiger partial charge in [-0.2, -0.15) is 0 Å². The van der Waals surface area contributed by atoms with Crippen molar-refractivity contribution in [2.75, 3.05) is 17.7 Å². The molecule has 0 aliphatic rings. The molecule has 31 heavy (non-hydrogen) atoms. The molecular formula is C23H20Cl2N2O4. The lowest BCUT2D eigenvalue weighted by Crippen LogP contribution is -2.07. The maximum atomic E-state index is 11.4. The Labute approximate surface area is 189 Å². The van der Waals surface area contributed by atoms with Crippen LogP contribution in [0.5, 0.6) is 11.5 Å². The van der Waals surface area contributed by atoms with Gasteiger partial charge in [0.1, 0.15) is 11.5 Å². The lowest BCUT2D eigenvalue weighted by atomic mass is 9.96. The summed E-state index contributed by atoms with van der Waals surface area (Å²) in [5.74, 6) is -0.0232. The summed E-state index contributed by atoms with van der Waals surface area (Å²) < 4.78 is 5.37.